The Kier molecular flexibility index (Phi) is 5.59. The molecular weight excluding hydrogens is 234 g/mol. The molecule has 1 amide bonds. The molecule has 1 unspecified atom stereocenters. The standard InChI is InChI=1S/C13H23NO4/c1-4-18-6-5-14(3)12(15)10-7-9(2)8-11(10)13(16)17/h9-11H,4-8H2,1-3H3,(H,16,17)/t9?,10-,11+/m0/s1. The lowest BCUT2D eigenvalue weighted by Crippen LogP contribution is -2.38. The third kappa shape index (κ3) is 3.70. The molecular formula is C13H23NO4. The summed E-state index contributed by atoms with van der Waals surface area (Å²) in [6.45, 7) is 5.55. The zero-order chi connectivity index (χ0) is 13.7. The average Bonchev–Trinajstić information content (AvgIpc) is 2.70. The predicted octanol–water partition coefficient (Wildman–Crippen LogP) is 1.23. The molecule has 0 radical (unpaired) electrons. The fraction of sp³-hybridized carbons (Fsp3) is 0.846. The van der Waals surface area contributed by atoms with Crippen molar-refractivity contribution in [2.45, 2.75) is 26.7 Å². The number of carboxylic acids is 1. The number of hydrogen-bond acceptors (Lipinski definition) is 3. The summed E-state index contributed by atoms with van der Waals surface area (Å²) >= 11 is 0. The van der Waals surface area contributed by atoms with Gasteiger partial charge in [0, 0.05) is 20.2 Å². The molecule has 0 bridgehead atoms. The maximum Gasteiger partial charge on any atom is 0.307 e. The topological polar surface area (TPSA) is 66.8 Å². The van der Waals surface area contributed by atoms with E-state index in [1.54, 1.807) is 11.9 Å². The number of carbonyl (C=O) groups is 2. The summed E-state index contributed by atoms with van der Waals surface area (Å²) < 4.78 is 5.20. The number of amides is 1. The fourth-order valence-electron chi connectivity index (χ4n) is 2.58. The monoisotopic (exact) mass is 257 g/mol. The summed E-state index contributed by atoms with van der Waals surface area (Å²) in [6.07, 6.45) is 1.28. The van der Waals surface area contributed by atoms with E-state index in [2.05, 4.69) is 0 Å². The van der Waals surface area contributed by atoms with Gasteiger partial charge in [-0.05, 0) is 25.7 Å². The van der Waals surface area contributed by atoms with Crippen molar-refractivity contribution in [3.8, 4) is 0 Å². The molecule has 1 N–H and O–H groups in total. The van der Waals surface area contributed by atoms with Gasteiger partial charge in [0.25, 0.3) is 0 Å². The normalized spacial score (nSPS) is 27.2. The van der Waals surface area contributed by atoms with E-state index in [9.17, 15) is 9.59 Å². The van der Waals surface area contributed by atoms with Crippen molar-refractivity contribution in [1.29, 1.82) is 0 Å². The van der Waals surface area contributed by atoms with Gasteiger partial charge in [0.05, 0.1) is 18.4 Å². The molecule has 0 aliphatic heterocycles. The van der Waals surface area contributed by atoms with Crippen molar-refractivity contribution in [3.05, 3.63) is 0 Å². The van der Waals surface area contributed by atoms with E-state index in [0.717, 1.165) is 0 Å². The minimum Gasteiger partial charge on any atom is -0.481 e. The fourth-order valence-corrected chi connectivity index (χ4v) is 2.58. The van der Waals surface area contributed by atoms with Crippen LogP contribution in [0.1, 0.15) is 26.7 Å². The lowest BCUT2D eigenvalue weighted by molar-refractivity contribution is -0.148. The summed E-state index contributed by atoms with van der Waals surface area (Å²) in [7, 11) is 1.71. The van der Waals surface area contributed by atoms with Crippen LogP contribution in [0, 0.1) is 17.8 Å². The number of carboxylic acid groups (broad SMARTS) is 1. The van der Waals surface area contributed by atoms with E-state index in [0.29, 0.717) is 38.5 Å². The van der Waals surface area contributed by atoms with Gasteiger partial charge in [-0.3, -0.25) is 9.59 Å². The second-order valence-electron chi connectivity index (χ2n) is 5.08. The number of hydrogen-bond donors (Lipinski definition) is 1. The molecule has 0 aromatic rings. The molecule has 104 valence electrons. The maximum absolute atomic E-state index is 12.2. The molecule has 1 aliphatic carbocycles. The van der Waals surface area contributed by atoms with E-state index < -0.39 is 11.9 Å². The number of likely N-dealkylation sites (N-methyl/N-ethyl adjacent to an activating group) is 1. The van der Waals surface area contributed by atoms with Gasteiger partial charge in [-0.1, -0.05) is 6.92 Å². The third-order valence-electron chi connectivity index (χ3n) is 3.58. The molecule has 1 saturated carbocycles. The highest BCUT2D eigenvalue weighted by atomic mass is 16.5. The molecule has 0 saturated heterocycles. The van der Waals surface area contributed by atoms with E-state index >= 15 is 0 Å². The molecule has 5 heteroatoms. The molecule has 0 spiro atoms. The Morgan fingerprint density at radius 1 is 1.33 bits per heavy atom. The van der Waals surface area contributed by atoms with Crippen molar-refractivity contribution in [3.63, 3.8) is 0 Å². The molecule has 0 aromatic carbocycles. The van der Waals surface area contributed by atoms with Gasteiger partial charge in [-0.25, -0.2) is 0 Å². The van der Waals surface area contributed by atoms with Crippen LogP contribution < -0.4 is 0 Å². The summed E-state index contributed by atoms with van der Waals surface area (Å²) in [5.74, 6) is -1.51. The van der Waals surface area contributed by atoms with E-state index in [-0.39, 0.29) is 11.8 Å². The van der Waals surface area contributed by atoms with Crippen molar-refractivity contribution < 1.29 is 19.4 Å². The zero-order valence-corrected chi connectivity index (χ0v) is 11.4. The van der Waals surface area contributed by atoms with Crippen LogP contribution in [0.5, 0.6) is 0 Å². The van der Waals surface area contributed by atoms with Gasteiger partial charge >= 0.3 is 5.97 Å². The van der Waals surface area contributed by atoms with E-state index in [1.165, 1.54) is 0 Å². The summed E-state index contributed by atoms with van der Waals surface area (Å²) in [5, 5.41) is 9.15. The number of nitrogens with zero attached hydrogens (tertiary/aromatic N) is 1. The maximum atomic E-state index is 12.2. The Labute approximate surface area is 108 Å². The Morgan fingerprint density at radius 2 is 1.94 bits per heavy atom. The van der Waals surface area contributed by atoms with Gasteiger partial charge in [0.1, 0.15) is 0 Å². The van der Waals surface area contributed by atoms with Gasteiger partial charge in [-0.2, -0.15) is 0 Å². The van der Waals surface area contributed by atoms with Gasteiger partial charge in [0.15, 0.2) is 0 Å². The summed E-state index contributed by atoms with van der Waals surface area (Å²) in [5.41, 5.74) is 0. The second-order valence-corrected chi connectivity index (χ2v) is 5.08. The van der Waals surface area contributed by atoms with Crippen LogP contribution in [0.15, 0.2) is 0 Å². The number of ether oxygens (including phenoxy) is 1. The highest BCUT2D eigenvalue weighted by molar-refractivity contribution is 5.85. The summed E-state index contributed by atoms with van der Waals surface area (Å²) in [6, 6.07) is 0. The number of carbonyl (C=O) groups excluding carboxylic acids is 1. The number of rotatable bonds is 6. The van der Waals surface area contributed by atoms with Crippen LogP contribution in [0.3, 0.4) is 0 Å². The van der Waals surface area contributed by atoms with Gasteiger partial charge < -0.3 is 14.7 Å². The molecule has 0 heterocycles. The molecule has 1 aliphatic rings. The first-order chi connectivity index (χ1) is 8.47. The van der Waals surface area contributed by atoms with Crippen molar-refractivity contribution in [2.75, 3.05) is 26.8 Å². The van der Waals surface area contributed by atoms with Crippen molar-refractivity contribution >= 4 is 11.9 Å². The van der Waals surface area contributed by atoms with Gasteiger partial charge in [-0.15, -0.1) is 0 Å². The first-order valence-corrected chi connectivity index (χ1v) is 6.52. The quantitative estimate of drug-likeness (QED) is 0.727. The first-order valence-electron chi connectivity index (χ1n) is 6.52. The van der Waals surface area contributed by atoms with Crippen molar-refractivity contribution in [2.24, 2.45) is 17.8 Å². The summed E-state index contributed by atoms with van der Waals surface area (Å²) in [4.78, 5) is 24.9. The Bertz CT molecular complexity index is 305. The first kappa shape index (κ1) is 15.0. The molecule has 1 rings (SSSR count). The molecule has 18 heavy (non-hydrogen) atoms. The van der Waals surface area contributed by atoms with Gasteiger partial charge in [0.2, 0.25) is 5.91 Å². The highest BCUT2D eigenvalue weighted by Crippen LogP contribution is 2.37. The molecule has 3 atom stereocenters. The SMILES string of the molecule is CCOCCN(C)C(=O)[C@H]1CC(C)C[C@H]1C(=O)O. The Balaban J connectivity index is 2.56. The third-order valence-corrected chi connectivity index (χ3v) is 3.58. The van der Waals surface area contributed by atoms with E-state index in [1.807, 2.05) is 13.8 Å². The van der Waals surface area contributed by atoms with Crippen LogP contribution in [-0.4, -0.2) is 48.7 Å². The largest absolute Gasteiger partial charge is 0.481 e. The van der Waals surface area contributed by atoms with Crippen LogP contribution in [0.25, 0.3) is 0 Å². The average molecular weight is 257 g/mol. The molecule has 5 nitrogen and oxygen atoms in total. The van der Waals surface area contributed by atoms with E-state index in [4.69, 9.17) is 9.84 Å². The van der Waals surface area contributed by atoms with Crippen molar-refractivity contribution in [1.82, 2.24) is 4.90 Å². The Hall–Kier alpha value is -1.10. The van der Waals surface area contributed by atoms with Crippen LogP contribution in [0.4, 0.5) is 0 Å². The molecule has 1 fully saturated rings. The van der Waals surface area contributed by atoms with Crippen LogP contribution >= 0.6 is 0 Å². The Morgan fingerprint density at radius 3 is 2.50 bits per heavy atom. The molecule has 0 aromatic heterocycles. The van der Waals surface area contributed by atoms with Crippen LogP contribution in [-0.2, 0) is 14.3 Å². The van der Waals surface area contributed by atoms with Crippen LogP contribution in [0.2, 0.25) is 0 Å². The predicted molar refractivity (Wildman–Crippen MR) is 67.1 cm³/mol. The minimum atomic E-state index is -0.851. The smallest absolute Gasteiger partial charge is 0.307 e. The minimum absolute atomic E-state index is 0.0635. The lowest BCUT2D eigenvalue weighted by atomic mass is 9.95. The second kappa shape index (κ2) is 6.73. The number of aliphatic carboxylic acids is 1. The zero-order valence-electron chi connectivity index (χ0n) is 11.4. The highest BCUT2D eigenvalue weighted by Gasteiger charge is 2.42. The lowest BCUT2D eigenvalue weighted by Gasteiger charge is -2.23.